The average molecular weight is 290 g/mol. The third kappa shape index (κ3) is 3.22. The number of carbonyl (C=O) groups is 1. The summed E-state index contributed by atoms with van der Waals surface area (Å²) in [6.07, 6.45) is 3.29. The number of hydrogen-bond acceptors (Lipinski definition) is 3. The Morgan fingerprint density at radius 1 is 1.33 bits per heavy atom. The van der Waals surface area contributed by atoms with Gasteiger partial charge in [0.05, 0.1) is 5.56 Å². The summed E-state index contributed by atoms with van der Waals surface area (Å²) in [5.41, 5.74) is 0.701. The molecule has 0 spiro atoms. The van der Waals surface area contributed by atoms with Gasteiger partial charge in [0.2, 0.25) is 0 Å². The van der Waals surface area contributed by atoms with Crippen molar-refractivity contribution in [1.82, 2.24) is 0 Å². The van der Waals surface area contributed by atoms with E-state index in [0.717, 1.165) is 6.42 Å². The van der Waals surface area contributed by atoms with Crippen molar-refractivity contribution in [3.05, 3.63) is 29.8 Å². The molecule has 1 aromatic rings. The molecule has 0 aliphatic heterocycles. The Balaban J connectivity index is 2.06. The monoisotopic (exact) mass is 290 g/mol. The van der Waals surface area contributed by atoms with Gasteiger partial charge in [0, 0.05) is 0 Å². The normalized spacial score (nSPS) is 27.5. The minimum atomic E-state index is -0.292. The Morgan fingerprint density at radius 2 is 1.95 bits per heavy atom. The smallest absolute Gasteiger partial charge is 0.338 e. The van der Waals surface area contributed by atoms with Crippen LogP contribution in [0.3, 0.4) is 0 Å². The zero-order valence-corrected chi connectivity index (χ0v) is 13.4. The van der Waals surface area contributed by atoms with Crippen LogP contribution in [0, 0.1) is 17.3 Å². The fourth-order valence-corrected chi connectivity index (χ4v) is 3.43. The highest BCUT2D eigenvalue weighted by molar-refractivity contribution is 5.89. The van der Waals surface area contributed by atoms with Crippen LogP contribution in [0.25, 0.3) is 0 Å². The van der Waals surface area contributed by atoms with Crippen LogP contribution in [0.4, 0.5) is 0 Å². The molecule has 3 nitrogen and oxygen atoms in total. The second-order valence-corrected chi connectivity index (χ2v) is 6.82. The highest BCUT2D eigenvalue weighted by Crippen LogP contribution is 2.50. The Labute approximate surface area is 127 Å². The van der Waals surface area contributed by atoms with E-state index in [-0.39, 0.29) is 23.2 Å². The van der Waals surface area contributed by atoms with Crippen LogP contribution in [-0.4, -0.2) is 17.2 Å². The summed E-state index contributed by atoms with van der Waals surface area (Å²) in [6.45, 7) is 8.96. The highest BCUT2D eigenvalue weighted by atomic mass is 16.5. The molecule has 2 rings (SSSR count). The number of phenolic OH excluding ortho intramolecular Hbond substituents is 1. The zero-order valence-electron chi connectivity index (χ0n) is 13.4. The summed E-state index contributed by atoms with van der Waals surface area (Å²) in [4.78, 5) is 12.2. The summed E-state index contributed by atoms with van der Waals surface area (Å²) in [5.74, 6) is 0.829. The molecule has 1 saturated carbocycles. The molecule has 0 unspecified atom stereocenters. The standard InChI is InChI=1S/C18H26O3/c1-5-6-14-11-16(12(2)18(14,3)4)21-17(20)13-7-9-15(19)10-8-13/h7-10,12,14,16,19H,5-6,11H2,1-4H3/t12-,14-,16+/m1/s1. The van der Waals surface area contributed by atoms with Gasteiger partial charge in [0.1, 0.15) is 11.9 Å². The van der Waals surface area contributed by atoms with Crippen LogP contribution in [0.1, 0.15) is 57.3 Å². The Kier molecular flexibility index (Phi) is 4.60. The molecule has 116 valence electrons. The maximum absolute atomic E-state index is 12.2. The lowest BCUT2D eigenvalue weighted by Gasteiger charge is -2.31. The number of rotatable bonds is 4. The molecule has 1 aromatic carbocycles. The number of phenols is 1. The van der Waals surface area contributed by atoms with Crippen molar-refractivity contribution in [3.8, 4) is 5.75 Å². The van der Waals surface area contributed by atoms with Crippen molar-refractivity contribution in [3.63, 3.8) is 0 Å². The van der Waals surface area contributed by atoms with Gasteiger partial charge in [-0.05, 0) is 47.9 Å². The van der Waals surface area contributed by atoms with E-state index in [0.29, 0.717) is 17.4 Å². The SMILES string of the molecule is CCC[C@@H]1C[C@H](OC(=O)c2ccc(O)cc2)[C@@H](C)C1(C)C. The van der Waals surface area contributed by atoms with E-state index in [2.05, 4.69) is 27.7 Å². The molecule has 1 aliphatic rings. The van der Waals surface area contributed by atoms with Crippen molar-refractivity contribution in [2.24, 2.45) is 17.3 Å². The summed E-state index contributed by atoms with van der Waals surface area (Å²) in [7, 11) is 0. The van der Waals surface area contributed by atoms with Crippen LogP contribution in [0.15, 0.2) is 24.3 Å². The fourth-order valence-electron chi connectivity index (χ4n) is 3.43. The van der Waals surface area contributed by atoms with E-state index in [9.17, 15) is 9.90 Å². The van der Waals surface area contributed by atoms with Crippen LogP contribution in [-0.2, 0) is 4.74 Å². The Bertz CT molecular complexity index is 490. The molecule has 0 saturated heterocycles. The highest BCUT2D eigenvalue weighted by Gasteiger charge is 2.47. The van der Waals surface area contributed by atoms with Gasteiger partial charge >= 0.3 is 5.97 Å². The quantitative estimate of drug-likeness (QED) is 0.836. The molecule has 0 bridgehead atoms. The molecular formula is C18H26O3. The van der Waals surface area contributed by atoms with Crippen LogP contribution in [0.5, 0.6) is 5.75 Å². The summed E-state index contributed by atoms with van der Waals surface area (Å²) in [6, 6.07) is 6.23. The van der Waals surface area contributed by atoms with Gasteiger partial charge in [-0.2, -0.15) is 0 Å². The van der Waals surface area contributed by atoms with Crippen LogP contribution >= 0.6 is 0 Å². The number of ether oxygens (including phenoxy) is 1. The average Bonchev–Trinajstić information content (AvgIpc) is 2.64. The number of carbonyl (C=O) groups excluding carboxylic acids is 1. The molecule has 0 radical (unpaired) electrons. The number of benzene rings is 1. The predicted molar refractivity (Wildman–Crippen MR) is 83.3 cm³/mol. The van der Waals surface area contributed by atoms with Gasteiger partial charge in [0.25, 0.3) is 0 Å². The van der Waals surface area contributed by atoms with E-state index in [1.807, 2.05) is 0 Å². The molecule has 0 amide bonds. The van der Waals surface area contributed by atoms with E-state index >= 15 is 0 Å². The van der Waals surface area contributed by atoms with Crippen LogP contribution < -0.4 is 0 Å². The molecule has 1 aliphatic carbocycles. The zero-order chi connectivity index (χ0) is 15.6. The van der Waals surface area contributed by atoms with Gasteiger partial charge in [-0.15, -0.1) is 0 Å². The molecular weight excluding hydrogens is 264 g/mol. The minimum absolute atomic E-state index is 0.0159. The lowest BCUT2D eigenvalue weighted by atomic mass is 9.74. The van der Waals surface area contributed by atoms with Crippen LogP contribution in [0.2, 0.25) is 0 Å². The molecule has 3 heteroatoms. The first-order valence-corrected chi connectivity index (χ1v) is 7.86. The van der Waals surface area contributed by atoms with Crippen molar-refractivity contribution >= 4 is 5.97 Å². The van der Waals surface area contributed by atoms with E-state index in [4.69, 9.17) is 4.74 Å². The molecule has 1 fully saturated rings. The maximum Gasteiger partial charge on any atom is 0.338 e. The van der Waals surface area contributed by atoms with E-state index < -0.39 is 0 Å². The second kappa shape index (κ2) is 6.08. The first kappa shape index (κ1) is 15.9. The second-order valence-electron chi connectivity index (χ2n) is 6.82. The van der Waals surface area contributed by atoms with E-state index in [1.54, 1.807) is 12.1 Å². The Hall–Kier alpha value is -1.51. The lowest BCUT2D eigenvalue weighted by Crippen LogP contribution is -2.28. The van der Waals surface area contributed by atoms with Gasteiger partial charge < -0.3 is 9.84 Å². The largest absolute Gasteiger partial charge is 0.508 e. The summed E-state index contributed by atoms with van der Waals surface area (Å²) >= 11 is 0. The number of aromatic hydroxyl groups is 1. The summed E-state index contributed by atoms with van der Waals surface area (Å²) < 4.78 is 5.74. The third-order valence-electron chi connectivity index (χ3n) is 5.30. The van der Waals surface area contributed by atoms with Crippen molar-refractivity contribution in [2.45, 2.75) is 53.1 Å². The van der Waals surface area contributed by atoms with Crippen molar-refractivity contribution in [2.75, 3.05) is 0 Å². The molecule has 21 heavy (non-hydrogen) atoms. The molecule has 0 heterocycles. The van der Waals surface area contributed by atoms with Crippen molar-refractivity contribution < 1.29 is 14.6 Å². The molecule has 0 aromatic heterocycles. The Morgan fingerprint density at radius 3 is 2.52 bits per heavy atom. The number of hydrogen-bond donors (Lipinski definition) is 1. The van der Waals surface area contributed by atoms with Gasteiger partial charge in [-0.1, -0.05) is 40.5 Å². The maximum atomic E-state index is 12.2. The third-order valence-corrected chi connectivity index (χ3v) is 5.30. The molecule has 1 N–H and O–H groups in total. The van der Waals surface area contributed by atoms with Crippen molar-refractivity contribution in [1.29, 1.82) is 0 Å². The predicted octanol–water partition coefficient (Wildman–Crippen LogP) is 4.40. The van der Waals surface area contributed by atoms with Gasteiger partial charge in [-0.3, -0.25) is 0 Å². The van der Waals surface area contributed by atoms with E-state index in [1.165, 1.54) is 25.0 Å². The number of esters is 1. The lowest BCUT2D eigenvalue weighted by molar-refractivity contribution is 0.0156. The summed E-state index contributed by atoms with van der Waals surface area (Å²) in [5, 5.41) is 9.28. The fraction of sp³-hybridized carbons (Fsp3) is 0.611. The van der Waals surface area contributed by atoms with Gasteiger partial charge in [0.15, 0.2) is 0 Å². The minimum Gasteiger partial charge on any atom is -0.508 e. The first-order chi connectivity index (χ1) is 9.86. The topological polar surface area (TPSA) is 46.5 Å². The molecule has 3 atom stereocenters. The van der Waals surface area contributed by atoms with Gasteiger partial charge in [-0.25, -0.2) is 4.79 Å². The first-order valence-electron chi connectivity index (χ1n) is 7.86.